The number of hydrogen-bond acceptors (Lipinski definition) is 6. The number of esters is 2. The summed E-state index contributed by atoms with van der Waals surface area (Å²) in [6.07, 6.45) is 11.3. The van der Waals surface area contributed by atoms with Crippen LogP contribution in [-0.2, 0) is 29.2 Å². The topological polar surface area (TPSA) is 107 Å². The van der Waals surface area contributed by atoms with E-state index in [-0.39, 0.29) is 62.1 Å². The van der Waals surface area contributed by atoms with Crippen molar-refractivity contribution in [3.05, 3.63) is 0 Å². The number of carbonyl (C=O) groups is 2. The molecule has 0 saturated heterocycles. The SMILES string of the molecule is CCCCCCCCOC(=O)CC(C(=O)OCCCCCCCC)S(=O)(=O)O.[BaH2]. The Labute approximate surface area is 216 Å². The third-order valence-corrected chi connectivity index (χ3v) is 5.56. The summed E-state index contributed by atoms with van der Waals surface area (Å²) in [5.41, 5.74) is 0. The van der Waals surface area contributed by atoms with Crippen LogP contribution in [0.2, 0.25) is 0 Å². The van der Waals surface area contributed by atoms with Gasteiger partial charge in [0.05, 0.1) is 19.6 Å². The molecule has 0 rings (SSSR count). The Bertz CT molecular complexity index is 523. The second-order valence-corrected chi connectivity index (χ2v) is 8.73. The van der Waals surface area contributed by atoms with Crippen LogP contribution >= 0.6 is 0 Å². The van der Waals surface area contributed by atoms with Gasteiger partial charge in [-0.2, -0.15) is 8.42 Å². The molecule has 0 amide bonds. The minimum atomic E-state index is -4.73. The fourth-order valence-corrected chi connectivity index (χ4v) is 3.39. The van der Waals surface area contributed by atoms with Gasteiger partial charge in [0.25, 0.3) is 10.1 Å². The average Bonchev–Trinajstić information content (AvgIpc) is 2.63. The van der Waals surface area contributed by atoms with Crippen LogP contribution in [0.15, 0.2) is 0 Å². The van der Waals surface area contributed by atoms with E-state index in [0.717, 1.165) is 57.8 Å². The summed E-state index contributed by atoms with van der Waals surface area (Å²) in [5, 5.41) is -1.93. The average molecular weight is 562 g/mol. The molecule has 1 N–H and O–H groups in total. The van der Waals surface area contributed by atoms with Crippen molar-refractivity contribution < 1.29 is 32.0 Å². The standard InChI is InChI=1S/C20H38O7S.Ba.2H/c1-3-5-7-9-11-13-15-26-19(21)17-18(28(23,24)25)20(22)27-16-14-12-10-8-6-4-2;;;/h18H,3-17H2,1-2H3,(H,23,24,25);;;. The molecule has 0 spiro atoms. The molecule has 0 aromatic carbocycles. The molecule has 0 saturated carbocycles. The minimum absolute atomic E-state index is 0. The Hall–Kier alpha value is 0.421. The second-order valence-electron chi connectivity index (χ2n) is 7.13. The van der Waals surface area contributed by atoms with Gasteiger partial charge in [-0.25, -0.2) is 0 Å². The van der Waals surface area contributed by atoms with E-state index < -0.39 is 33.7 Å². The Morgan fingerprint density at radius 1 is 0.759 bits per heavy atom. The van der Waals surface area contributed by atoms with Gasteiger partial charge in [0.2, 0.25) is 0 Å². The zero-order valence-corrected chi connectivity index (χ0v) is 18.3. The molecule has 0 aliphatic rings. The summed E-state index contributed by atoms with van der Waals surface area (Å²) in [4.78, 5) is 23.8. The van der Waals surface area contributed by atoms with Crippen molar-refractivity contribution in [2.24, 2.45) is 0 Å². The van der Waals surface area contributed by atoms with Crippen LogP contribution < -0.4 is 0 Å². The molecule has 9 heteroatoms. The van der Waals surface area contributed by atoms with E-state index in [1.807, 2.05) is 0 Å². The van der Waals surface area contributed by atoms with Gasteiger partial charge in [0.15, 0.2) is 5.25 Å². The number of hydrogen-bond donors (Lipinski definition) is 1. The molecule has 7 nitrogen and oxygen atoms in total. The molecule has 1 atom stereocenters. The summed E-state index contributed by atoms with van der Waals surface area (Å²) in [5.74, 6) is -1.93. The van der Waals surface area contributed by atoms with Crippen LogP contribution in [0.4, 0.5) is 0 Å². The molecule has 170 valence electrons. The van der Waals surface area contributed by atoms with Gasteiger partial charge in [-0.3, -0.25) is 14.1 Å². The predicted octanol–water partition coefficient (Wildman–Crippen LogP) is 3.52. The van der Waals surface area contributed by atoms with Gasteiger partial charge < -0.3 is 9.47 Å². The first-order chi connectivity index (χ1) is 13.3. The molecular weight excluding hydrogens is 522 g/mol. The third kappa shape index (κ3) is 18.9. The van der Waals surface area contributed by atoms with Crippen LogP contribution in [0, 0.1) is 0 Å². The summed E-state index contributed by atoms with van der Waals surface area (Å²) in [6.45, 7) is 4.50. The maximum absolute atomic E-state index is 12.0. The zero-order valence-electron chi connectivity index (χ0n) is 17.5. The molecule has 0 heterocycles. The third-order valence-electron chi connectivity index (χ3n) is 4.48. The van der Waals surface area contributed by atoms with Crippen molar-refractivity contribution in [1.29, 1.82) is 0 Å². The van der Waals surface area contributed by atoms with Crippen molar-refractivity contribution in [1.82, 2.24) is 0 Å². The Morgan fingerprint density at radius 2 is 1.17 bits per heavy atom. The van der Waals surface area contributed by atoms with Crippen LogP contribution in [-0.4, -0.2) is 92.3 Å². The van der Waals surface area contributed by atoms with E-state index in [0.29, 0.717) is 12.8 Å². The molecule has 0 aliphatic heterocycles. The van der Waals surface area contributed by atoms with Crippen molar-refractivity contribution in [2.75, 3.05) is 13.2 Å². The Kier molecular flexibility index (Phi) is 22.2. The number of unbranched alkanes of at least 4 members (excludes halogenated alkanes) is 10. The van der Waals surface area contributed by atoms with Crippen molar-refractivity contribution in [3.63, 3.8) is 0 Å². The normalized spacial score (nSPS) is 12.1. The molecular formula is C20H40BaO7S. The molecule has 0 aliphatic carbocycles. The molecule has 0 aromatic heterocycles. The quantitative estimate of drug-likeness (QED) is 0.118. The van der Waals surface area contributed by atoms with Crippen molar-refractivity contribution in [3.8, 4) is 0 Å². The number of rotatable bonds is 18. The summed E-state index contributed by atoms with van der Waals surface area (Å²) in [6, 6.07) is 0. The Morgan fingerprint density at radius 3 is 1.62 bits per heavy atom. The van der Waals surface area contributed by atoms with Crippen molar-refractivity contribution >= 4 is 70.9 Å². The number of carbonyl (C=O) groups excluding carboxylic acids is 2. The first-order valence-electron chi connectivity index (χ1n) is 10.6. The number of ether oxygens (including phenoxy) is 2. The molecule has 0 bridgehead atoms. The fourth-order valence-electron chi connectivity index (χ4n) is 2.74. The molecule has 0 radical (unpaired) electrons. The van der Waals surface area contributed by atoms with E-state index >= 15 is 0 Å². The maximum atomic E-state index is 12.0. The van der Waals surface area contributed by atoms with Gasteiger partial charge in [0.1, 0.15) is 0 Å². The first kappa shape index (κ1) is 31.6. The van der Waals surface area contributed by atoms with Crippen LogP contribution in [0.1, 0.15) is 97.3 Å². The van der Waals surface area contributed by atoms with Gasteiger partial charge in [-0.1, -0.05) is 78.1 Å². The Balaban J connectivity index is 0. The molecule has 0 aromatic rings. The van der Waals surface area contributed by atoms with Crippen LogP contribution in [0.25, 0.3) is 0 Å². The molecule has 29 heavy (non-hydrogen) atoms. The first-order valence-corrected chi connectivity index (χ1v) is 12.1. The van der Waals surface area contributed by atoms with Crippen molar-refractivity contribution in [2.45, 2.75) is 103 Å². The summed E-state index contributed by atoms with van der Waals surface area (Å²) in [7, 11) is -4.73. The van der Waals surface area contributed by atoms with Crippen LogP contribution in [0.3, 0.4) is 0 Å². The van der Waals surface area contributed by atoms with E-state index in [1.165, 1.54) is 6.42 Å². The zero-order chi connectivity index (χ0) is 21.3. The fraction of sp³-hybridized carbons (Fsp3) is 0.900. The van der Waals surface area contributed by atoms with E-state index in [1.54, 1.807) is 0 Å². The summed E-state index contributed by atoms with van der Waals surface area (Å²) < 4.78 is 42.0. The summed E-state index contributed by atoms with van der Waals surface area (Å²) >= 11 is 0. The van der Waals surface area contributed by atoms with Gasteiger partial charge in [-0.15, -0.1) is 0 Å². The molecule has 0 fully saturated rings. The second kappa shape index (κ2) is 20.3. The monoisotopic (exact) mass is 562 g/mol. The van der Waals surface area contributed by atoms with Gasteiger partial charge in [0, 0.05) is 0 Å². The van der Waals surface area contributed by atoms with Crippen LogP contribution in [0.5, 0.6) is 0 Å². The van der Waals surface area contributed by atoms with Gasteiger partial charge >= 0.3 is 60.8 Å². The van der Waals surface area contributed by atoms with E-state index in [9.17, 15) is 22.6 Å². The molecule has 1 unspecified atom stereocenters. The van der Waals surface area contributed by atoms with E-state index in [4.69, 9.17) is 9.47 Å². The predicted molar refractivity (Wildman–Crippen MR) is 117 cm³/mol. The van der Waals surface area contributed by atoms with Gasteiger partial charge in [-0.05, 0) is 12.8 Å². The van der Waals surface area contributed by atoms with E-state index in [2.05, 4.69) is 13.8 Å².